The molecule has 2 fully saturated rings. The van der Waals surface area contributed by atoms with E-state index in [2.05, 4.69) is 4.74 Å². The molecule has 1 saturated carbocycles. The van der Waals surface area contributed by atoms with Gasteiger partial charge in [-0.25, -0.2) is 0 Å². The van der Waals surface area contributed by atoms with Crippen LogP contribution in [0.25, 0.3) is 0 Å². The van der Waals surface area contributed by atoms with Crippen LogP contribution in [0, 0.1) is 17.8 Å². The Morgan fingerprint density at radius 3 is 2.15 bits per heavy atom. The molecular formula is C12H13F5O3. The third kappa shape index (κ3) is 1.44. The van der Waals surface area contributed by atoms with Gasteiger partial charge >= 0.3 is 17.9 Å². The summed E-state index contributed by atoms with van der Waals surface area (Å²) in [6, 6.07) is 0. The topological polar surface area (TPSA) is 49.7 Å². The van der Waals surface area contributed by atoms with Gasteiger partial charge in [-0.1, -0.05) is 12.2 Å². The molecule has 1 saturated heterocycles. The van der Waals surface area contributed by atoms with Crippen molar-refractivity contribution in [2.45, 2.75) is 36.3 Å². The van der Waals surface area contributed by atoms with E-state index in [0.29, 0.717) is 6.42 Å². The van der Waals surface area contributed by atoms with Gasteiger partial charge in [-0.15, -0.1) is 0 Å². The van der Waals surface area contributed by atoms with E-state index in [-0.39, 0.29) is 12.3 Å². The van der Waals surface area contributed by atoms with Crippen molar-refractivity contribution in [2.75, 3.05) is 6.61 Å². The lowest BCUT2D eigenvalue weighted by Crippen LogP contribution is -2.65. The quantitative estimate of drug-likeness (QED) is 0.574. The second kappa shape index (κ2) is 3.72. The van der Waals surface area contributed by atoms with Gasteiger partial charge in [-0.05, 0) is 24.7 Å². The van der Waals surface area contributed by atoms with E-state index in [4.69, 9.17) is 0 Å². The Morgan fingerprint density at radius 1 is 1.10 bits per heavy atom. The van der Waals surface area contributed by atoms with Gasteiger partial charge in [0.25, 0.3) is 0 Å². The van der Waals surface area contributed by atoms with Crippen LogP contribution in [-0.2, 0) is 4.74 Å². The second-order valence-corrected chi connectivity index (χ2v) is 5.82. The van der Waals surface area contributed by atoms with Crippen molar-refractivity contribution >= 4 is 0 Å². The van der Waals surface area contributed by atoms with Crippen LogP contribution in [0.2, 0.25) is 0 Å². The largest absolute Gasteiger partial charge is 0.449 e. The zero-order valence-corrected chi connectivity index (χ0v) is 10.2. The summed E-state index contributed by atoms with van der Waals surface area (Å²) in [6.45, 7) is -1.24. The van der Waals surface area contributed by atoms with Crippen LogP contribution in [-0.4, -0.2) is 40.3 Å². The molecule has 0 spiro atoms. The van der Waals surface area contributed by atoms with Crippen LogP contribution in [0.15, 0.2) is 12.2 Å². The molecule has 0 aromatic heterocycles. The molecule has 2 bridgehead atoms. The molecule has 114 valence electrons. The van der Waals surface area contributed by atoms with Crippen molar-refractivity contribution in [3.63, 3.8) is 0 Å². The minimum Gasteiger partial charge on any atom is -0.381 e. The predicted octanol–water partition coefficient (Wildman–Crippen LogP) is 1.85. The van der Waals surface area contributed by atoms with E-state index >= 15 is 0 Å². The molecule has 2 N–H and O–H groups in total. The van der Waals surface area contributed by atoms with Crippen LogP contribution < -0.4 is 0 Å². The highest BCUT2D eigenvalue weighted by molar-refractivity contribution is 5.20. The lowest BCUT2D eigenvalue weighted by Gasteiger charge is -2.40. The molecule has 20 heavy (non-hydrogen) atoms. The Bertz CT molecular complexity index is 462. The average molecular weight is 300 g/mol. The number of alkyl halides is 5. The van der Waals surface area contributed by atoms with E-state index in [0.717, 1.165) is 0 Å². The van der Waals surface area contributed by atoms with Gasteiger partial charge in [-0.3, -0.25) is 0 Å². The van der Waals surface area contributed by atoms with Crippen molar-refractivity contribution in [3.05, 3.63) is 12.2 Å². The summed E-state index contributed by atoms with van der Waals surface area (Å²) in [5.41, 5.74) is -3.01. The van der Waals surface area contributed by atoms with Crippen LogP contribution in [0.5, 0.6) is 0 Å². The Hall–Kier alpha value is -0.730. The first-order chi connectivity index (χ1) is 9.03. The summed E-state index contributed by atoms with van der Waals surface area (Å²) in [6.07, 6.45) is -1.53. The average Bonchev–Trinajstić information content (AvgIpc) is 2.99. The Labute approximate surface area is 111 Å². The molecule has 1 aliphatic heterocycles. The van der Waals surface area contributed by atoms with Gasteiger partial charge in [0, 0.05) is 5.92 Å². The van der Waals surface area contributed by atoms with Crippen molar-refractivity contribution in [3.8, 4) is 0 Å². The molecule has 0 amide bonds. The first-order valence-corrected chi connectivity index (χ1v) is 6.24. The van der Waals surface area contributed by atoms with Crippen molar-refractivity contribution in [1.29, 1.82) is 0 Å². The minimum atomic E-state index is -5.69. The normalized spacial score (nSPS) is 50.0. The fraction of sp³-hybridized carbons (Fsp3) is 0.833. The van der Waals surface area contributed by atoms with E-state index < -0.39 is 41.9 Å². The fourth-order valence-corrected chi connectivity index (χ4v) is 3.62. The van der Waals surface area contributed by atoms with Gasteiger partial charge in [-0.2, -0.15) is 22.0 Å². The molecule has 5 unspecified atom stereocenters. The van der Waals surface area contributed by atoms with E-state index in [1.165, 1.54) is 0 Å². The maximum absolute atomic E-state index is 14.1. The predicted molar refractivity (Wildman–Crippen MR) is 55.7 cm³/mol. The van der Waals surface area contributed by atoms with Crippen LogP contribution in [0.1, 0.15) is 12.8 Å². The number of halogens is 5. The van der Waals surface area contributed by atoms with E-state index in [1.54, 1.807) is 6.08 Å². The third-order valence-corrected chi connectivity index (χ3v) is 4.75. The van der Waals surface area contributed by atoms with Gasteiger partial charge in [0.15, 0.2) is 5.60 Å². The molecular weight excluding hydrogens is 287 g/mol. The number of fused-ring (bicyclic) bond motifs is 2. The maximum atomic E-state index is 14.1. The molecule has 2 aliphatic carbocycles. The Morgan fingerprint density at radius 2 is 1.75 bits per heavy atom. The van der Waals surface area contributed by atoms with E-state index in [1.807, 2.05) is 6.08 Å². The lowest BCUT2D eigenvalue weighted by atomic mass is 9.74. The molecule has 1 heterocycles. The standard InChI is InChI=1S/C12H13F5O3/c13-10(14)9(18,5-20-11(10,19)12(15,16)17)8-4-6-1-2-7(8)3-6/h1-2,6-8,18-19H,3-5H2. The molecule has 8 heteroatoms. The minimum absolute atomic E-state index is 0.00981. The number of allylic oxidation sites excluding steroid dienone is 2. The highest BCUT2D eigenvalue weighted by Gasteiger charge is 2.84. The van der Waals surface area contributed by atoms with Crippen molar-refractivity contribution in [1.82, 2.24) is 0 Å². The zero-order valence-electron chi connectivity index (χ0n) is 10.2. The number of hydrogen-bond donors (Lipinski definition) is 2. The second-order valence-electron chi connectivity index (χ2n) is 5.82. The molecule has 5 atom stereocenters. The first kappa shape index (κ1) is 14.2. The molecule has 3 aliphatic rings. The maximum Gasteiger partial charge on any atom is 0.449 e. The summed E-state index contributed by atoms with van der Waals surface area (Å²) in [7, 11) is 0. The number of hydrogen-bond acceptors (Lipinski definition) is 3. The molecule has 0 aromatic rings. The fourth-order valence-electron chi connectivity index (χ4n) is 3.62. The van der Waals surface area contributed by atoms with Gasteiger partial charge in [0.05, 0.1) is 6.61 Å². The zero-order chi connectivity index (χ0) is 15.0. The molecule has 3 rings (SSSR count). The van der Waals surface area contributed by atoms with Gasteiger partial charge in [0.2, 0.25) is 0 Å². The van der Waals surface area contributed by atoms with Crippen LogP contribution in [0.4, 0.5) is 22.0 Å². The third-order valence-electron chi connectivity index (χ3n) is 4.75. The van der Waals surface area contributed by atoms with Crippen molar-refractivity contribution in [2.24, 2.45) is 17.8 Å². The van der Waals surface area contributed by atoms with Gasteiger partial charge in [0.1, 0.15) is 0 Å². The number of rotatable bonds is 1. The number of ether oxygens (including phenoxy) is 1. The monoisotopic (exact) mass is 300 g/mol. The van der Waals surface area contributed by atoms with Crippen LogP contribution >= 0.6 is 0 Å². The summed E-state index contributed by atoms with van der Waals surface area (Å²) in [4.78, 5) is 0. The highest BCUT2D eigenvalue weighted by atomic mass is 19.4. The summed E-state index contributed by atoms with van der Waals surface area (Å²) >= 11 is 0. The summed E-state index contributed by atoms with van der Waals surface area (Å²) in [5.74, 6) is -10.9. The lowest BCUT2D eigenvalue weighted by molar-refractivity contribution is -0.411. The Balaban J connectivity index is 1.98. The Kier molecular flexibility index (Phi) is 2.64. The molecule has 3 nitrogen and oxygen atoms in total. The van der Waals surface area contributed by atoms with E-state index in [9.17, 15) is 32.2 Å². The molecule has 0 aromatic carbocycles. The SMILES string of the molecule is OC1(C2CC3C=CC2C3)COC(O)(C(F)(F)F)C1(F)F. The molecule has 0 radical (unpaired) electrons. The smallest absolute Gasteiger partial charge is 0.381 e. The number of aliphatic hydroxyl groups is 2. The first-order valence-electron chi connectivity index (χ1n) is 6.24. The summed E-state index contributed by atoms with van der Waals surface area (Å²) < 4.78 is 70.3. The summed E-state index contributed by atoms with van der Waals surface area (Å²) in [5, 5.41) is 19.4. The van der Waals surface area contributed by atoms with Crippen molar-refractivity contribution < 1.29 is 36.9 Å². The highest BCUT2D eigenvalue weighted by Crippen LogP contribution is 2.60. The van der Waals surface area contributed by atoms with Crippen LogP contribution in [0.3, 0.4) is 0 Å². The van der Waals surface area contributed by atoms with Gasteiger partial charge < -0.3 is 14.9 Å².